The lowest BCUT2D eigenvalue weighted by molar-refractivity contribution is -0.137. The van der Waals surface area contributed by atoms with Gasteiger partial charge in [-0.15, -0.1) is 0 Å². The molecule has 0 fully saturated rings. The van der Waals surface area contributed by atoms with E-state index in [2.05, 4.69) is 8.75 Å². The Kier molecular flexibility index (Phi) is 4.17. The number of carboxylic acid groups (broad SMARTS) is 1. The highest BCUT2D eigenvalue weighted by molar-refractivity contribution is 6.99. The first-order chi connectivity index (χ1) is 7.11. The van der Waals surface area contributed by atoms with Crippen molar-refractivity contribution < 1.29 is 14.7 Å². The molecule has 0 unspecified atom stereocenters. The maximum absolute atomic E-state index is 11.6. The number of carbonyl (C=O) groups excluding carboxylic acids is 1. The van der Waals surface area contributed by atoms with E-state index in [1.54, 1.807) is 7.05 Å². The van der Waals surface area contributed by atoms with Crippen LogP contribution < -0.4 is 0 Å². The van der Waals surface area contributed by atoms with Gasteiger partial charge in [-0.3, -0.25) is 9.59 Å². The van der Waals surface area contributed by atoms with Crippen molar-refractivity contribution in [2.24, 2.45) is 0 Å². The molecule has 0 aliphatic carbocycles. The lowest BCUT2D eigenvalue weighted by atomic mass is 10.3. The number of rotatable bonds is 5. The second kappa shape index (κ2) is 5.40. The lowest BCUT2D eigenvalue weighted by Crippen LogP contribution is -2.28. The first kappa shape index (κ1) is 11.6. The number of carbonyl (C=O) groups is 2. The van der Waals surface area contributed by atoms with Gasteiger partial charge >= 0.3 is 5.97 Å². The molecule has 0 aliphatic rings. The fourth-order valence-electron chi connectivity index (χ4n) is 1.02. The molecule has 1 aromatic rings. The van der Waals surface area contributed by atoms with Crippen LogP contribution >= 0.6 is 11.7 Å². The van der Waals surface area contributed by atoms with Crippen LogP contribution in [0.25, 0.3) is 0 Å². The van der Waals surface area contributed by atoms with Gasteiger partial charge in [0.25, 0.3) is 5.91 Å². The summed E-state index contributed by atoms with van der Waals surface area (Å²) in [5.41, 5.74) is 0.304. The predicted molar refractivity (Wildman–Crippen MR) is 53.7 cm³/mol. The molecule has 0 saturated carbocycles. The van der Waals surface area contributed by atoms with Gasteiger partial charge in [0, 0.05) is 20.0 Å². The van der Waals surface area contributed by atoms with E-state index in [0.717, 1.165) is 11.7 Å². The number of aromatic nitrogens is 2. The van der Waals surface area contributed by atoms with Crippen LogP contribution in [0.4, 0.5) is 0 Å². The molecule has 0 radical (unpaired) electrons. The van der Waals surface area contributed by atoms with Crippen molar-refractivity contribution in [3.05, 3.63) is 11.9 Å². The minimum atomic E-state index is -0.855. The Labute approximate surface area is 90.9 Å². The number of hydrogen-bond acceptors (Lipinski definition) is 5. The van der Waals surface area contributed by atoms with E-state index in [4.69, 9.17) is 5.11 Å². The molecule has 0 aliphatic heterocycles. The van der Waals surface area contributed by atoms with E-state index < -0.39 is 5.97 Å². The highest BCUT2D eigenvalue weighted by atomic mass is 32.1. The molecule has 82 valence electrons. The summed E-state index contributed by atoms with van der Waals surface area (Å²) in [6.07, 6.45) is 1.91. The minimum Gasteiger partial charge on any atom is -0.481 e. The number of amides is 1. The molecular weight excluding hydrogens is 218 g/mol. The summed E-state index contributed by atoms with van der Waals surface area (Å²) in [6, 6.07) is 0. The minimum absolute atomic E-state index is 0.0624. The highest BCUT2D eigenvalue weighted by Crippen LogP contribution is 2.02. The zero-order valence-corrected chi connectivity index (χ0v) is 9.03. The molecule has 0 spiro atoms. The Balaban J connectivity index is 2.37. The van der Waals surface area contributed by atoms with E-state index in [1.807, 2.05) is 0 Å². The van der Waals surface area contributed by atoms with E-state index >= 15 is 0 Å². The molecule has 0 atom stereocenters. The molecule has 1 aromatic heterocycles. The normalized spacial score (nSPS) is 9.93. The van der Waals surface area contributed by atoms with Gasteiger partial charge in [0.15, 0.2) is 5.69 Å². The van der Waals surface area contributed by atoms with Crippen molar-refractivity contribution in [1.29, 1.82) is 0 Å². The van der Waals surface area contributed by atoms with Gasteiger partial charge in [-0.05, 0) is 6.42 Å². The topological polar surface area (TPSA) is 83.4 Å². The third-order valence-corrected chi connectivity index (χ3v) is 2.29. The van der Waals surface area contributed by atoms with Crippen LogP contribution in [0.15, 0.2) is 6.20 Å². The van der Waals surface area contributed by atoms with Crippen LogP contribution in [-0.4, -0.2) is 44.2 Å². The van der Waals surface area contributed by atoms with Crippen molar-refractivity contribution in [2.75, 3.05) is 13.6 Å². The molecule has 6 nitrogen and oxygen atoms in total. The van der Waals surface area contributed by atoms with Crippen molar-refractivity contribution in [3.63, 3.8) is 0 Å². The van der Waals surface area contributed by atoms with Gasteiger partial charge in [0.2, 0.25) is 0 Å². The molecule has 1 amide bonds. The molecule has 7 heteroatoms. The van der Waals surface area contributed by atoms with Gasteiger partial charge in [-0.2, -0.15) is 8.75 Å². The van der Waals surface area contributed by atoms with Crippen molar-refractivity contribution in [1.82, 2.24) is 13.6 Å². The van der Waals surface area contributed by atoms with Gasteiger partial charge in [0.1, 0.15) is 0 Å². The van der Waals surface area contributed by atoms with Crippen molar-refractivity contribution in [3.8, 4) is 0 Å². The first-order valence-electron chi connectivity index (χ1n) is 4.36. The van der Waals surface area contributed by atoms with Gasteiger partial charge in [-0.1, -0.05) is 0 Å². The van der Waals surface area contributed by atoms with E-state index in [1.165, 1.54) is 11.1 Å². The second-order valence-electron chi connectivity index (χ2n) is 3.02. The van der Waals surface area contributed by atoms with Crippen molar-refractivity contribution in [2.45, 2.75) is 12.8 Å². The molecule has 1 heterocycles. The molecule has 0 bridgehead atoms. The highest BCUT2D eigenvalue weighted by Gasteiger charge is 2.13. The maximum atomic E-state index is 11.6. The Morgan fingerprint density at radius 2 is 2.33 bits per heavy atom. The average molecular weight is 229 g/mol. The van der Waals surface area contributed by atoms with Gasteiger partial charge < -0.3 is 10.0 Å². The fraction of sp³-hybridized carbons (Fsp3) is 0.500. The Morgan fingerprint density at radius 1 is 1.60 bits per heavy atom. The van der Waals surface area contributed by atoms with Crippen LogP contribution in [0.2, 0.25) is 0 Å². The molecule has 15 heavy (non-hydrogen) atoms. The van der Waals surface area contributed by atoms with Crippen LogP contribution in [0.1, 0.15) is 23.3 Å². The average Bonchev–Trinajstić information content (AvgIpc) is 2.68. The van der Waals surface area contributed by atoms with E-state index in [-0.39, 0.29) is 12.3 Å². The van der Waals surface area contributed by atoms with Crippen LogP contribution in [-0.2, 0) is 4.79 Å². The summed E-state index contributed by atoms with van der Waals surface area (Å²) in [6.45, 7) is 0.405. The third kappa shape index (κ3) is 3.62. The second-order valence-corrected chi connectivity index (χ2v) is 3.57. The number of hydrogen-bond donors (Lipinski definition) is 1. The quantitative estimate of drug-likeness (QED) is 0.793. The predicted octanol–water partition coefficient (Wildman–Crippen LogP) is 0.475. The molecule has 1 N–H and O–H groups in total. The number of aliphatic carboxylic acids is 1. The zero-order valence-electron chi connectivity index (χ0n) is 8.21. The first-order valence-corrected chi connectivity index (χ1v) is 5.09. The third-order valence-electron chi connectivity index (χ3n) is 1.81. The van der Waals surface area contributed by atoms with Gasteiger partial charge in [0.05, 0.1) is 17.9 Å². The van der Waals surface area contributed by atoms with Crippen molar-refractivity contribution >= 4 is 23.6 Å². The molecular formula is C8H11N3O3S. The van der Waals surface area contributed by atoms with Crippen LogP contribution in [0, 0.1) is 0 Å². The summed E-state index contributed by atoms with van der Waals surface area (Å²) in [5, 5.41) is 8.42. The number of carboxylic acids is 1. The largest absolute Gasteiger partial charge is 0.481 e. The zero-order chi connectivity index (χ0) is 11.3. The maximum Gasteiger partial charge on any atom is 0.303 e. The smallest absolute Gasteiger partial charge is 0.303 e. The summed E-state index contributed by atoms with van der Waals surface area (Å²) in [5.74, 6) is -1.08. The molecule has 0 saturated heterocycles. The summed E-state index contributed by atoms with van der Waals surface area (Å²) >= 11 is 0.972. The Bertz CT molecular complexity index is 339. The SMILES string of the molecule is CN(CCCC(=O)O)C(=O)c1cnsn1. The Morgan fingerprint density at radius 3 is 2.87 bits per heavy atom. The fourth-order valence-corrected chi connectivity index (χ4v) is 1.43. The van der Waals surface area contributed by atoms with Crippen LogP contribution in [0.5, 0.6) is 0 Å². The standard InChI is InChI=1S/C8H11N3O3S/c1-11(4-2-3-7(12)13)8(14)6-5-9-15-10-6/h5H,2-4H2,1H3,(H,12,13). The van der Waals surface area contributed by atoms with Gasteiger partial charge in [-0.25, -0.2) is 0 Å². The van der Waals surface area contributed by atoms with E-state index in [0.29, 0.717) is 18.7 Å². The summed E-state index contributed by atoms with van der Waals surface area (Å²) in [4.78, 5) is 23.3. The van der Waals surface area contributed by atoms with E-state index in [9.17, 15) is 9.59 Å². The molecule has 1 rings (SSSR count). The summed E-state index contributed by atoms with van der Waals surface area (Å²) in [7, 11) is 1.61. The summed E-state index contributed by atoms with van der Waals surface area (Å²) < 4.78 is 7.53. The molecule has 0 aromatic carbocycles. The monoisotopic (exact) mass is 229 g/mol. The Hall–Kier alpha value is -1.50. The number of nitrogens with zero attached hydrogens (tertiary/aromatic N) is 3. The van der Waals surface area contributed by atoms with Crippen LogP contribution in [0.3, 0.4) is 0 Å². The lowest BCUT2D eigenvalue weighted by Gasteiger charge is -2.14.